The molecule has 3 nitrogen and oxygen atoms in total. The molecule has 1 atom stereocenters. The maximum atomic E-state index is 9.12. The number of aryl methyl sites for hydroxylation is 1. The summed E-state index contributed by atoms with van der Waals surface area (Å²) in [7, 11) is 1.64. The zero-order valence-corrected chi connectivity index (χ0v) is 8.79. The third kappa shape index (κ3) is 1.57. The van der Waals surface area contributed by atoms with Crippen LogP contribution in [-0.4, -0.2) is 7.11 Å². The number of nitrogens with zero attached hydrogens (tertiary/aromatic N) is 1. The first kappa shape index (κ1) is 10.0. The van der Waals surface area contributed by atoms with Gasteiger partial charge in [0.05, 0.1) is 13.2 Å². The van der Waals surface area contributed by atoms with E-state index in [-0.39, 0.29) is 0 Å². The summed E-state index contributed by atoms with van der Waals surface area (Å²) >= 11 is 0. The van der Waals surface area contributed by atoms with Crippen LogP contribution in [0, 0.1) is 11.3 Å². The van der Waals surface area contributed by atoms with Crippen LogP contribution in [0.5, 0.6) is 5.75 Å². The molecule has 0 radical (unpaired) electrons. The molecule has 0 aromatic heterocycles. The van der Waals surface area contributed by atoms with Gasteiger partial charge in [0, 0.05) is 0 Å². The van der Waals surface area contributed by atoms with Crippen molar-refractivity contribution in [2.45, 2.75) is 24.8 Å². The zero-order valence-electron chi connectivity index (χ0n) is 8.79. The van der Waals surface area contributed by atoms with Crippen LogP contribution in [0.1, 0.15) is 24.0 Å². The van der Waals surface area contributed by atoms with Crippen molar-refractivity contribution in [3.8, 4) is 11.8 Å². The van der Waals surface area contributed by atoms with Crippen LogP contribution in [0.3, 0.4) is 0 Å². The largest absolute Gasteiger partial charge is 0.497 e. The first-order valence-corrected chi connectivity index (χ1v) is 5.07. The van der Waals surface area contributed by atoms with Crippen LogP contribution < -0.4 is 10.5 Å². The van der Waals surface area contributed by atoms with E-state index < -0.39 is 5.54 Å². The Hall–Kier alpha value is -1.53. The average molecular weight is 202 g/mol. The Kier molecular flexibility index (Phi) is 2.37. The highest BCUT2D eigenvalue weighted by atomic mass is 16.5. The van der Waals surface area contributed by atoms with Crippen molar-refractivity contribution < 1.29 is 4.74 Å². The molecule has 1 aliphatic carbocycles. The van der Waals surface area contributed by atoms with Gasteiger partial charge in [-0.3, -0.25) is 0 Å². The molecule has 1 unspecified atom stereocenters. The lowest BCUT2D eigenvalue weighted by Crippen LogP contribution is -2.38. The molecule has 0 bridgehead atoms. The van der Waals surface area contributed by atoms with Crippen molar-refractivity contribution in [1.82, 2.24) is 0 Å². The number of hydrogen-bond acceptors (Lipinski definition) is 3. The van der Waals surface area contributed by atoms with Gasteiger partial charge in [0.15, 0.2) is 0 Å². The van der Waals surface area contributed by atoms with Crippen molar-refractivity contribution in [3.63, 3.8) is 0 Å². The van der Waals surface area contributed by atoms with Crippen LogP contribution in [0.4, 0.5) is 0 Å². The summed E-state index contributed by atoms with van der Waals surface area (Å²) in [5, 5.41) is 9.12. The molecule has 0 aliphatic heterocycles. The standard InChI is InChI=1S/C12H14N2O/c1-15-10-4-5-11-9(7-10)3-2-6-12(11,14)8-13/h4-5,7H,2-3,6,14H2,1H3. The molecule has 1 aromatic rings. The number of nitriles is 1. The molecule has 0 saturated carbocycles. The highest BCUT2D eigenvalue weighted by Crippen LogP contribution is 2.34. The molecule has 0 spiro atoms. The van der Waals surface area contributed by atoms with Crippen molar-refractivity contribution >= 4 is 0 Å². The smallest absolute Gasteiger partial charge is 0.130 e. The zero-order chi connectivity index (χ0) is 10.9. The van der Waals surface area contributed by atoms with Gasteiger partial charge in [0.1, 0.15) is 11.3 Å². The topological polar surface area (TPSA) is 59.0 Å². The number of methoxy groups -OCH3 is 1. The predicted octanol–water partition coefficient (Wildman–Crippen LogP) is 1.71. The van der Waals surface area contributed by atoms with E-state index in [1.807, 2.05) is 18.2 Å². The Morgan fingerprint density at radius 1 is 1.53 bits per heavy atom. The number of ether oxygens (including phenoxy) is 1. The van der Waals surface area contributed by atoms with Gasteiger partial charge in [-0.25, -0.2) is 0 Å². The maximum absolute atomic E-state index is 9.12. The molecule has 15 heavy (non-hydrogen) atoms. The van der Waals surface area contributed by atoms with E-state index in [4.69, 9.17) is 15.7 Å². The summed E-state index contributed by atoms with van der Waals surface area (Å²) in [6, 6.07) is 7.97. The summed E-state index contributed by atoms with van der Waals surface area (Å²) in [6.45, 7) is 0. The highest BCUT2D eigenvalue weighted by Gasteiger charge is 2.32. The number of rotatable bonds is 1. The minimum atomic E-state index is -0.806. The van der Waals surface area contributed by atoms with Crippen molar-refractivity contribution in [3.05, 3.63) is 29.3 Å². The molecule has 1 aliphatic rings. The summed E-state index contributed by atoms with van der Waals surface area (Å²) in [6.07, 6.45) is 2.68. The Bertz CT molecular complexity index is 422. The fourth-order valence-corrected chi connectivity index (χ4v) is 2.15. The van der Waals surface area contributed by atoms with Crippen molar-refractivity contribution in [2.75, 3.05) is 7.11 Å². The second kappa shape index (κ2) is 3.56. The number of benzene rings is 1. The first-order chi connectivity index (χ1) is 7.19. The molecule has 3 heteroatoms. The lowest BCUT2D eigenvalue weighted by Gasteiger charge is -2.29. The number of nitrogens with two attached hydrogens (primary N) is 1. The van der Waals surface area contributed by atoms with Crippen LogP contribution >= 0.6 is 0 Å². The molecular weight excluding hydrogens is 188 g/mol. The number of hydrogen-bond donors (Lipinski definition) is 1. The normalized spacial score (nSPS) is 24.1. The van der Waals surface area contributed by atoms with Crippen molar-refractivity contribution in [1.29, 1.82) is 5.26 Å². The quantitative estimate of drug-likeness (QED) is 0.754. The molecule has 0 saturated heterocycles. The second-order valence-corrected chi connectivity index (χ2v) is 3.96. The van der Waals surface area contributed by atoms with Gasteiger partial charge in [-0.05, 0) is 42.5 Å². The lowest BCUT2D eigenvalue weighted by molar-refractivity contribution is 0.410. The van der Waals surface area contributed by atoms with E-state index in [1.54, 1.807) is 7.11 Å². The summed E-state index contributed by atoms with van der Waals surface area (Å²) < 4.78 is 5.16. The van der Waals surface area contributed by atoms with Gasteiger partial charge < -0.3 is 10.5 Å². The third-order valence-corrected chi connectivity index (χ3v) is 3.01. The summed E-state index contributed by atoms with van der Waals surface area (Å²) in [5.41, 5.74) is 7.35. The van der Waals surface area contributed by atoms with Crippen molar-refractivity contribution in [2.24, 2.45) is 5.73 Å². The molecular formula is C12H14N2O. The third-order valence-electron chi connectivity index (χ3n) is 3.01. The summed E-state index contributed by atoms with van der Waals surface area (Å²) in [5.74, 6) is 0.830. The van der Waals surface area contributed by atoms with Crippen LogP contribution in [0.25, 0.3) is 0 Å². The molecule has 0 fully saturated rings. The Labute approximate surface area is 89.5 Å². The van der Waals surface area contributed by atoms with Gasteiger partial charge in [-0.2, -0.15) is 5.26 Å². The SMILES string of the molecule is COc1ccc2c(c1)CCCC2(N)C#N. The van der Waals surface area contributed by atoms with E-state index in [0.717, 1.165) is 36.1 Å². The second-order valence-electron chi connectivity index (χ2n) is 3.96. The van der Waals surface area contributed by atoms with Gasteiger partial charge in [0.25, 0.3) is 0 Å². The highest BCUT2D eigenvalue weighted by molar-refractivity contribution is 5.44. The van der Waals surface area contributed by atoms with E-state index in [1.165, 1.54) is 0 Å². The van der Waals surface area contributed by atoms with Gasteiger partial charge in [0.2, 0.25) is 0 Å². The molecule has 1 aromatic carbocycles. The first-order valence-electron chi connectivity index (χ1n) is 5.07. The minimum absolute atomic E-state index is 0.739. The van der Waals surface area contributed by atoms with Gasteiger partial charge >= 0.3 is 0 Å². The van der Waals surface area contributed by atoms with E-state index >= 15 is 0 Å². The Balaban J connectivity index is 2.51. The minimum Gasteiger partial charge on any atom is -0.497 e. The van der Waals surface area contributed by atoms with Crippen LogP contribution in [0.15, 0.2) is 18.2 Å². The fourth-order valence-electron chi connectivity index (χ4n) is 2.15. The maximum Gasteiger partial charge on any atom is 0.130 e. The van der Waals surface area contributed by atoms with Gasteiger partial charge in [-0.1, -0.05) is 6.07 Å². The summed E-state index contributed by atoms with van der Waals surface area (Å²) in [4.78, 5) is 0. The van der Waals surface area contributed by atoms with E-state index in [0.29, 0.717) is 0 Å². The fraction of sp³-hybridized carbons (Fsp3) is 0.417. The van der Waals surface area contributed by atoms with Crippen LogP contribution in [0.2, 0.25) is 0 Å². The monoisotopic (exact) mass is 202 g/mol. The van der Waals surface area contributed by atoms with E-state index in [9.17, 15) is 0 Å². The number of fused-ring (bicyclic) bond motifs is 1. The Morgan fingerprint density at radius 2 is 2.33 bits per heavy atom. The lowest BCUT2D eigenvalue weighted by atomic mass is 9.78. The van der Waals surface area contributed by atoms with E-state index in [2.05, 4.69) is 6.07 Å². The van der Waals surface area contributed by atoms with Gasteiger partial charge in [-0.15, -0.1) is 0 Å². The molecule has 0 amide bonds. The van der Waals surface area contributed by atoms with Crippen LogP contribution in [-0.2, 0) is 12.0 Å². The molecule has 78 valence electrons. The molecule has 0 heterocycles. The molecule has 2 N–H and O–H groups in total. The Morgan fingerprint density at radius 3 is 3.00 bits per heavy atom. The molecule has 2 rings (SSSR count). The predicted molar refractivity (Wildman–Crippen MR) is 57.4 cm³/mol. The average Bonchev–Trinajstić information content (AvgIpc) is 2.29.